The Kier molecular flexibility index (Phi) is 4.14. The second kappa shape index (κ2) is 5.83. The standard InChI is InChI=1S/C18H19NO/c1-4-14-10-12-15(13-11-14)17(19-20)18(2,3)16-8-6-5-7-9-16/h4-13,17H,1H2,2-3H3. The van der Waals surface area contributed by atoms with Crippen molar-refractivity contribution < 1.29 is 0 Å². The van der Waals surface area contributed by atoms with Gasteiger partial charge in [0.2, 0.25) is 0 Å². The minimum Gasteiger partial charge on any atom is -0.150 e. The molecule has 0 aliphatic heterocycles. The normalized spacial score (nSPS) is 12.7. The van der Waals surface area contributed by atoms with Crippen LogP contribution in [-0.4, -0.2) is 0 Å². The van der Waals surface area contributed by atoms with E-state index in [1.165, 1.54) is 0 Å². The second-order valence-electron chi connectivity index (χ2n) is 5.47. The van der Waals surface area contributed by atoms with Gasteiger partial charge in [-0.25, -0.2) is 0 Å². The number of rotatable bonds is 5. The molecule has 0 bridgehead atoms. The molecule has 1 unspecified atom stereocenters. The highest BCUT2D eigenvalue weighted by atomic mass is 16.3. The molecular formula is C18H19NO. The molecule has 102 valence electrons. The van der Waals surface area contributed by atoms with Crippen molar-refractivity contribution in [2.75, 3.05) is 0 Å². The Hall–Kier alpha value is -2.22. The van der Waals surface area contributed by atoms with E-state index >= 15 is 0 Å². The predicted octanol–water partition coefficient (Wildman–Crippen LogP) is 5.11. The lowest BCUT2D eigenvalue weighted by Crippen LogP contribution is -2.25. The molecule has 0 saturated carbocycles. The molecule has 20 heavy (non-hydrogen) atoms. The van der Waals surface area contributed by atoms with Gasteiger partial charge < -0.3 is 0 Å². The third kappa shape index (κ3) is 2.69. The highest BCUT2D eigenvalue weighted by Crippen LogP contribution is 2.39. The molecule has 2 rings (SSSR count). The van der Waals surface area contributed by atoms with Crippen LogP contribution in [0.5, 0.6) is 0 Å². The monoisotopic (exact) mass is 265 g/mol. The van der Waals surface area contributed by atoms with Gasteiger partial charge in [-0.1, -0.05) is 86.3 Å². The topological polar surface area (TPSA) is 29.4 Å². The number of nitroso groups, excluding NO2 is 1. The molecule has 2 aromatic rings. The van der Waals surface area contributed by atoms with Crippen molar-refractivity contribution in [2.45, 2.75) is 25.3 Å². The third-order valence-electron chi connectivity index (χ3n) is 3.79. The molecular weight excluding hydrogens is 246 g/mol. The van der Waals surface area contributed by atoms with Crippen LogP contribution in [0.3, 0.4) is 0 Å². The second-order valence-corrected chi connectivity index (χ2v) is 5.47. The fourth-order valence-corrected chi connectivity index (χ4v) is 2.45. The van der Waals surface area contributed by atoms with Crippen molar-refractivity contribution >= 4 is 6.08 Å². The first kappa shape index (κ1) is 14.2. The van der Waals surface area contributed by atoms with Gasteiger partial charge in [0.05, 0.1) is 0 Å². The largest absolute Gasteiger partial charge is 0.150 e. The molecule has 2 aromatic carbocycles. The van der Waals surface area contributed by atoms with Crippen molar-refractivity contribution in [1.82, 2.24) is 0 Å². The lowest BCUT2D eigenvalue weighted by Gasteiger charge is -2.30. The molecule has 0 fully saturated rings. The molecule has 0 saturated heterocycles. The van der Waals surface area contributed by atoms with Gasteiger partial charge in [-0.3, -0.25) is 0 Å². The summed E-state index contributed by atoms with van der Waals surface area (Å²) < 4.78 is 0. The molecule has 0 aromatic heterocycles. The molecule has 1 atom stereocenters. The fraction of sp³-hybridized carbons (Fsp3) is 0.222. The zero-order valence-electron chi connectivity index (χ0n) is 11.9. The first-order chi connectivity index (χ1) is 9.59. The average Bonchev–Trinajstić information content (AvgIpc) is 2.49. The maximum absolute atomic E-state index is 11.4. The number of nitrogens with zero attached hydrogens (tertiary/aromatic N) is 1. The van der Waals surface area contributed by atoms with Crippen molar-refractivity contribution in [3.8, 4) is 0 Å². The zero-order chi connectivity index (χ0) is 14.6. The maximum Gasteiger partial charge on any atom is 0.126 e. The Morgan fingerprint density at radius 2 is 1.65 bits per heavy atom. The summed E-state index contributed by atoms with van der Waals surface area (Å²) in [6.45, 7) is 7.84. The van der Waals surface area contributed by atoms with Crippen LogP contribution in [0.4, 0.5) is 0 Å². The minimum atomic E-state index is -0.413. The highest BCUT2D eigenvalue weighted by Gasteiger charge is 2.33. The summed E-state index contributed by atoms with van der Waals surface area (Å²) in [6.07, 6.45) is 1.79. The van der Waals surface area contributed by atoms with E-state index in [1.807, 2.05) is 54.6 Å². The molecule has 0 amide bonds. The predicted molar refractivity (Wildman–Crippen MR) is 84.5 cm³/mol. The van der Waals surface area contributed by atoms with E-state index in [4.69, 9.17) is 0 Å². The molecule has 0 heterocycles. The smallest absolute Gasteiger partial charge is 0.126 e. The summed E-state index contributed by atoms with van der Waals surface area (Å²) in [5.74, 6) is 0. The zero-order valence-corrected chi connectivity index (χ0v) is 11.9. The quantitative estimate of drug-likeness (QED) is 0.690. The van der Waals surface area contributed by atoms with E-state index in [2.05, 4.69) is 25.6 Å². The molecule has 2 heteroatoms. The van der Waals surface area contributed by atoms with Crippen LogP contribution >= 0.6 is 0 Å². The van der Waals surface area contributed by atoms with Gasteiger partial charge in [0, 0.05) is 5.41 Å². The Morgan fingerprint density at radius 1 is 1.05 bits per heavy atom. The molecule has 0 N–H and O–H groups in total. The van der Waals surface area contributed by atoms with Crippen LogP contribution < -0.4 is 0 Å². The van der Waals surface area contributed by atoms with Gasteiger partial charge in [0.25, 0.3) is 0 Å². The Labute approximate surface area is 120 Å². The van der Waals surface area contributed by atoms with Crippen molar-refractivity contribution in [3.05, 3.63) is 82.8 Å². The molecule has 2 nitrogen and oxygen atoms in total. The van der Waals surface area contributed by atoms with Crippen LogP contribution in [0.15, 0.2) is 66.4 Å². The van der Waals surface area contributed by atoms with Crippen molar-refractivity contribution in [3.63, 3.8) is 0 Å². The van der Waals surface area contributed by atoms with Crippen molar-refractivity contribution in [1.29, 1.82) is 0 Å². The van der Waals surface area contributed by atoms with Gasteiger partial charge in [-0.2, -0.15) is 4.91 Å². The van der Waals surface area contributed by atoms with E-state index in [9.17, 15) is 4.91 Å². The summed E-state index contributed by atoms with van der Waals surface area (Å²) in [5.41, 5.74) is 2.73. The van der Waals surface area contributed by atoms with Gasteiger partial charge in [0.15, 0.2) is 0 Å². The van der Waals surface area contributed by atoms with Gasteiger partial charge in [-0.05, 0) is 16.7 Å². The van der Waals surface area contributed by atoms with Crippen LogP contribution in [0, 0.1) is 4.91 Å². The lowest BCUT2D eigenvalue weighted by molar-refractivity contribution is 0.420. The maximum atomic E-state index is 11.4. The first-order valence-corrected chi connectivity index (χ1v) is 6.70. The molecule has 0 radical (unpaired) electrons. The van der Waals surface area contributed by atoms with Crippen LogP contribution in [0.1, 0.15) is 36.6 Å². The summed E-state index contributed by atoms with van der Waals surface area (Å²) in [7, 11) is 0. The van der Waals surface area contributed by atoms with Gasteiger partial charge >= 0.3 is 0 Å². The summed E-state index contributed by atoms with van der Waals surface area (Å²) in [4.78, 5) is 11.4. The number of hydrogen-bond acceptors (Lipinski definition) is 2. The van der Waals surface area contributed by atoms with Gasteiger partial charge in [-0.15, -0.1) is 0 Å². The van der Waals surface area contributed by atoms with E-state index in [0.29, 0.717) is 0 Å². The molecule has 0 aliphatic rings. The Balaban J connectivity index is 2.40. The van der Waals surface area contributed by atoms with Crippen LogP contribution in [-0.2, 0) is 5.41 Å². The van der Waals surface area contributed by atoms with E-state index in [1.54, 1.807) is 6.08 Å². The van der Waals surface area contributed by atoms with Crippen LogP contribution in [0.25, 0.3) is 6.08 Å². The summed E-state index contributed by atoms with van der Waals surface area (Å²) >= 11 is 0. The highest BCUT2D eigenvalue weighted by molar-refractivity contribution is 5.48. The van der Waals surface area contributed by atoms with E-state index in [-0.39, 0.29) is 5.41 Å². The minimum absolute atomic E-state index is 0.349. The van der Waals surface area contributed by atoms with Gasteiger partial charge in [0.1, 0.15) is 6.04 Å². The summed E-state index contributed by atoms with van der Waals surface area (Å²) in [5, 5.41) is 3.39. The first-order valence-electron chi connectivity index (χ1n) is 6.70. The third-order valence-corrected chi connectivity index (χ3v) is 3.79. The average molecular weight is 265 g/mol. The Bertz CT molecular complexity index is 585. The number of benzene rings is 2. The van der Waals surface area contributed by atoms with Crippen molar-refractivity contribution in [2.24, 2.45) is 5.18 Å². The molecule has 0 aliphatic carbocycles. The number of hydrogen-bond donors (Lipinski definition) is 0. The van der Waals surface area contributed by atoms with Crippen LogP contribution in [0.2, 0.25) is 0 Å². The fourth-order valence-electron chi connectivity index (χ4n) is 2.45. The van der Waals surface area contributed by atoms with E-state index < -0.39 is 6.04 Å². The Morgan fingerprint density at radius 3 is 2.15 bits per heavy atom. The van der Waals surface area contributed by atoms with E-state index in [0.717, 1.165) is 16.7 Å². The summed E-state index contributed by atoms with van der Waals surface area (Å²) in [6, 6.07) is 17.4. The lowest BCUT2D eigenvalue weighted by atomic mass is 9.75. The SMILES string of the molecule is C=Cc1ccc(C(N=O)C(C)(C)c2ccccc2)cc1. The molecule has 0 spiro atoms.